The van der Waals surface area contributed by atoms with E-state index in [4.69, 9.17) is 5.73 Å². The summed E-state index contributed by atoms with van der Waals surface area (Å²) < 4.78 is 15.7. The first kappa shape index (κ1) is 21.2. The number of allylic oxidation sites excluding steroid dienone is 2. The number of primary amides is 1. The number of para-hydroxylation sites is 1. The van der Waals surface area contributed by atoms with Gasteiger partial charge in [0.1, 0.15) is 12.4 Å². The second-order valence-electron chi connectivity index (χ2n) is 8.92. The Labute approximate surface area is 180 Å². The molecule has 2 heterocycles. The van der Waals surface area contributed by atoms with Gasteiger partial charge in [-0.2, -0.15) is 5.10 Å². The van der Waals surface area contributed by atoms with Crippen molar-refractivity contribution in [2.24, 2.45) is 17.6 Å². The topological polar surface area (TPSA) is 98.3 Å². The van der Waals surface area contributed by atoms with Crippen molar-refractivity contribution >= 4 is 28.5 Å². The third kappa shape index (κ3) is 3.86. The molecule has 1 aliphatic carbocycles. The zero-order valence-corrected chi connectivity index (χ0v) is 18.0. The molecule has 8 heteroatoms. The molecule has 2 fully saturated rings. The number of nitrogens with zero attached hydrogens (tertiary/aromatic N) is 3. The van der Waals surface area contributed by atoms with Gasteiger partial charge in [-0.1, -0.05) is 25.1 Å². The monoisotopic (exact) mass is 426 g/mol. The molecule has 2 amide bonds. The second kappa shape index (κ2) is 7.90. The van der Waals surface area contributed by atoms with Crippen molar-refractivity contribution in [2.75, 3.05) is 0 Å². The van der Waals surface area contributed by atoms with Gasteiger partial charge in [0, 0.05) is 23.8 Å². The van der Waals surface area contributed by atoms with Gasteiger partial charge in [0.15, 0.2) is 11.5 Å². The Morgan fingerprint density at radius 3 is 2.61 bits per heavy atom. The lowest BCUT2D eigenvalue weighted by Crippen LogP contribution is -2.45. The molecule has 1 aromatic heterocycles. The Morgan fingerprint density at radius 2 is 1.94 bits per heavy atom. The highest BCUT2D eigenvalue weighted by atomic mass is 19.1. The van der Waals surface area contributed by atoms with Gasteiger partial charge < -0.3 is 10.6 Å². The summed E-state index contributed by atoms with van der Waals surface area (Å²) in [6.45, 7) is 4.99. The first-order valence-corrected chi connectivity index (χ1v) is 10.6. The Bertz CT molecular complexity index is 1100. The van der Waals surface area contributed by atoms with Gasteiger partial charge >= 0.3 is 0 Å². The van der Waals surface area contributed by atoms with Gasteiger partial charge in [0.05, 0.1) is 11.6 Å². The summed E-state index contributed by atoms with van der Waals surface area (Å²) in [5, 5.41) is 4.84. The van der Waals surface area contributed by atoms with Crippen molar-refractivity contribution in [3.63, 3.8) is 0 Å². The van der Waals surface area contributed by atoms with E-state index in [2.05, 4.69) is 5.10 Å². The van der Waals surface area contributed by atoms with Crippen LogP contribution in [0, 0.1) is 11.8 Å². The molecule has 2 aliphatic rings. The quantitative estimate of drug-likeness (QED) is 0.736. The lowest BCUT2D eigenvalue weighted by molar-refractivity contribution is -0.139. The maximum absolute atomic E-state index is 14.2. The number of amides is 2. The largest absolute Gasteiger partial charge is 0.364 e. The van der Waals surface area contributed by atoms with E-state index in [1.165, 1.54) is 4.68 Å². The third-order valence-electron chi connectivity index (χ3n) is 6.36. The van der Waals surface area contributed by atoms with Crippen LogP contribution in [0.4, 0.5) is 4.39 Å². The molecule has 0 radical (unpaired) electrons. The summed E-state index contributed by atoms with van der Waals surface area (Å²) >= 11 is 0. The molecule has 0 unspecified atom stereocenters. The standard InChI is InChI=1S/C23H27FN4O3/c1-12(2)21(24)13(3)8-19(29)18-10-14-9-17(14)28(18)20(30)11-27-16-7-5-4-6-15(16)22(26-27)23(25)31/h4-7,13-14,17-18H,8-11H2,1-3H3,(H2,25,31)/t13-,14+,17+,18-/m0/s1. The lowest BCUT2D eigenvalue weighted by Gasteiger charge is -2.27. The highest BCUT2D eigenvalue weighted by molar-refractivity contribution is 6.04. The number of fused-ring (bicyclic) bond motifs is 2. The Morgan fingerprint density at radius 1 is 1.23 bits per heavy atom. The summed E-state index contributed by atoms with van der Waals surface area (Å²) in [6, 6.07) is 6.62. The van der Waals surface area contributed by atoms with Crippen molar-refractivity contribution < 1.29 is 18.8 Å². The van der Waals surface area contributed by atoms with Crippen LogP contribution < -0.4 is 5.73 Å². The number of aromatic nitrogens is 2. The molecule has 2 N–H and O–H groups in total. The number of ketones is 1. The molecular weight excluding hydrogens is 399 g/mol. The van der Waals surface area contributed by atoms with Crippen LogP contribution in [0.2, 0.25) is 0 Å². The Kier molecular flexibility index (Phi) is 5.41. The van der Waals surface area contributed by atoms with Crippen LogP contribution in [0.3, 0.4) is 0 Å². The van der Waals surface area contributed by atoms with Crippen LogP contribution in [-0.2, 0) is 16.1 Å². The smallest absolute Gasteiger partial charge is 0.269 e. The number of hydrogen-bond donors (Lipinski definition) is 1. The van der Waals surface area contributed by atoms with Crippen LogP contribution >= 0.6 is 0 Å². The van der Waals surface area contributed by atoms with E-state index in [0.29, 0.717) is 28.8 Å². The maximum Gasteiger partial charge on any atom is 0.269 e. The molecule has 7 nitrogen and oxygen atoms in total. The summed E-state index contributed by atoms with van der Waals surface area (Å²) in [4.78, 5) is 39.6. The van der Waals surface area contributed by atoms with E-state index in [-0.39, 0.29) is 42.2 Å². The molecule has 4 rings (SSSR count). The number of benzene rings is 1. The number of Topliss-reactive ketones (excluding diaryl/α,β-unsaturated/α-hetero) is 1. The van der Waals surface area contributed by atoms with Gasteiger partial charge in [0.2, 0.25) is 5.91 Å². The average molecular weight is 426 g/mol. The molecule has 31 heavy (non-hydrogen) atoms. The van der Waals surface area contributed by atoms with Crippen LogP contribution in [0.5, 0.6) is 0 Å². The first-order chi connectivity index (χ1) is 14.7. The van der Waals surface area contributed by atoms with E-state index >= 15 is 0 Å². The van der Waals surface area contributed by atoms with Crippen LogP contribution in [0.15, 0.2) is 35.7 Å². The molecule has 0 bridgehead atoms. The molecular formula is C23H27FN4O3. The van der Waals surface area contributed by atoms with Crippen LogP contribution in [-0.4, -0.2) is 44.4 Å². The number of rotatable bonds is 7. The predicted octanol–water partition coefficient (Wildman–Crippen LogP) is 2.98. The number of piperidine rings is 1. The normalized spacial score (nSPS) is 22.8. The van der Waals surface area contributed by atoms with Crippen molar-refractivity contribution in [3.8, 4) is 0 Å². The van der Waals surface area contributed by atoms with Crippen molar-refractivity contribution in [1.82, 2.24) is 14.7 Å². The van der Waals surface area contributed by atoms with Gasteiger partial charge in [0.25, 0.3) is 5.91 Å². The van der Waals surface area contributed by atoms with E-state index in [1.807, 2.05) is 0 Å². The van der Waals surface area contributed by atoms with Gasteiger partial charge in [-0.15, -0.1) is 0 Å². The summed E-state index contributed by atoms with van der Waals surface area (Å²) in [6.07, 6.45) is 1.59. The summed E-state index contributed by atoms with van der Waals surface area (Å²) in [5.74, 6) is -1.42. The molecule has 2 aromatic rings. The van der Waals surface area contributed by atoms with Gasteiger partial charge in [-0.3, -0.25) is 19.1 Å². The van der Waals surface area contributed by atoms with Crippen molar-refractivity contribution in [1.29, 1.82) is 0 Å². The van der Waals surface area contributed by atoms with Crippen molar-refractivity contribution in [2.45, 2.75) is 58.7 Å². The molecule has 1 saturated carbocycles. The molecule has 1 saturated heterocycles. The van der Waals surface area contributed by atoms with E-state index in [1.54, 1.807) is 49.9 Å². The van der Waals surface area contributed by atoms with Crippen molar-refractivity contribution in [3.05, 3.63) is 41.4 Å². The van der Waals surface area contributed by atoms with Gasteiger partial charge in [-0.05, 0) is 44.2 Å². The van der Waals surface area contributed by atoms with Gasteiger partial charge in [-0.25, -0.2) is 4.39 Å². The minimum Gasteiger partial charge on any atom is -0.364 e. The number of nitrogens with two attached hydrogens (primary N) is 1. The molecule has 0 spiro atoms. The number of hydrogen-bond acceptors (Lipinski definition) is 4. The Balaban J connectivity index is 1.54. The SMILES string of the molecule is CC(C)=C(F)[C@@H](C)CC(=O)[C@@H]1C[C@H]2C[C@H]2N1C(=O)Cn1nc(C(N)=O)c2ccccc21. The fourth-order valence-electron chi connectivity index (χ4n) is 4.76. The average Bonchev–Trinajstić information content (AvgIpc) is 3.23. The lowest BCUT2D eigenvalue weighted by atomic mass is 9.95. The number of carbonyl (C=O) groups excluding carboxylic acids is 3. The minimum atomic E-state index is -0.658. The predicted molar refractivity (Wildman–Crippen MR) is 114 cm³/mol. The maximum atomic E-state index is 14.2. The van der Waals surface area contributed by atoms with Crippen LogP contribution in [0.1, 0.15) is 50.5 Å². The Hall–Kier alpha value is -3.03. The zero-order chi connectivity index (χ0) is 22.4. The highest BCUT2D eigenvalue weighted by Crippen LogP contribution is 2.48. The molecule has 1 aromatic carbocycles. The number of halogens is 1. The first-order valence-electron chi connectivity index (χ1n) is 10.6. The fraction of sp³-hybridized carbons (Fsp3) is 0.478. The summed E-state index contributed by atoms with van der Waals surface area (Å²) in [5.41, 5.74) is 6.76. The van der Waals surface area contributed by atoms with Crippen LogP contribution in [0.25, 0.3) is 10.9 Å². The number of likely N-dealkylation sites (tertiary alicyclic amines) is 1. The van der Waals surface area contributed by atoms with E-state index in [9.17, 15) is 18.8 Å². The van der Waals surface area contributed by atoms with E-state index < -0.39 is 17.9 Å². The third-order valence-corrected chi connectivity index (χ3v) is 6.36. The molecule has 164 valence electrons. The zero-order valence-electron chi connectivity index (χ0n) is 18.0. The molecule has 1 aliphatic heterocycles. The summed E-state index contributed by atoms with van der Waals surface area (Å²) in [7, 11) is 0. The fourth-order valence-corrected chi connectivity index (χ4v) is 4.76. The van der Waals surface area contributed by atoms with E-state index in [0.717, 1.165) is 6.42 Å². The molecule has 4 atom stereocenters. The second-order valence-corrected chi connectivity index (χ2v) is 8.92. The minimum absolute atomic E-state index is 0.0579. The highest BCUT2D eigenvalue weighted by Gasteiger charge is 2.55. The number of carbonyl (C=O) groups is 3.